The number of guanidine groups is 1. The minimum absolute atomic E-state index is 0.556. The molecule has 4 heteroatoms. The molecule has 1 heterocycles. The van der Waals surface area contributed by atoms with E-state index in [4.69, 9.17) is 5.73 Å². The molecular weight excluding hydrogens is 176 g/mol. The van der Waals surface area contributed by atoms with Crippen LogP contribution in [0.2, 0.25) is 0 Å². The minimum Gasteiger partial charge on any atom is -0.370 e. The summed E-state index contributed by atoms with van der Waals surface area (Å²) < 4.78 is 0. The average molecular weight is 198 g/mol. The third-order valence-corrected chi connectivity index (χ3v) is 2.57. The van der Waals surface area contributed by atoms with Crippen LogP contribution in [0.25, 0.3) is 0 Å². The van der Waals surface area contributed by atoms with E-state index in [1.165, 1.54) is 12.8 Å². The molecule has 1 unspecified atom stereocenters. The van der Waals surface area contributed by atoms with E-state index in [9.17, 15) is 0 Å². The summed E-state index contributed by atoms with van der Waals surface area (Å²) in [6.07, 6.45) is 2.47. The molecule has 1 rings (SSSR count). The summed E-state index contributed by atoms with van der Waals surface area (Å²) in [5, 5.41) is 0. The summed E-state index contributed by atoms with van der Waals surface area (Å²) in [7, 11) is 4.20. The van der Waals surface area contributed by atoms with E-state index in [2.05, 4.69) is 28.9 Å². The molecule has 0 aliphatic carbocycles. The van der Waals surface area contributed by atoms with Crippen molar-refractivity contribution in [3.05, 3.63) is 0 Å². The molecule has 0 bridgehead atoms. The number of rotatable bonds is 3. The molecule has 82 valence electrons. The van der Waals surface area contributed by atoms with Crippen LogP contribution in [0.4, 0.5) is 0 Å². The fourth-order valence-corrected chi connectivity index (χ4v) is 2.00. The second-order valence-corrected chi connectivity index (χ2v) is 4.08. The maximum Gasteiger partial charge on any atom is 0.191 e. The van der Waals surface area contributed by atoms with Crippen molar-refractivity contribution in [3.63, 3.8) is 0 Å². The van der Waals surface area contributed by atoms with Gasteiger partial charge in [0.2, 0.25) is 0 Å². The summed E-state index contributed by atoms with van der Waals surface area (Å²) >= 11 is 0. The van der Waals surface area contributed by atoms with Crippen molar-refractivity contribution in [2.24, 2.45) is 10.7 Å². The highest BCUT2D eigenvalue weighted by Gasteiger charge is 2.25. The van der Waals surface area contributed by atoms with Crippen molar-refractivity contribution in [1.82, 2.24) is 9.80 Å². The van der Waals surface area contributed by atoms with Gasteiger partial charge in [-0.1, -0.05) is 0 Å². The fourth-order valence-electron chi connectivity index (χ4n) is 2.00. The van der Waals surface area contributed by atoms with Crippen LogP contribution < -0.4 is 5.73 Å². The largest absolute Gasteiger partial charge is 0.370 e. The van der Waals surface area contributed by atoms with Crippen LogP contribution in [-0.2, 0) is 0 Å². The SMILES string of the molecule is CCN=C(N)N1CCCC1CN(C)C. The summed E-state index contributed by atoms with van der Waals surface area (Å²) in [6, 6.07) is 0.556. The van der Waals surface area contributed by atoms with Crippen LogP contribution >= 0.6 is 0 Å². The van der Waals surface area contributed by atoms with E-state index in [-0.39, 0.29) is 0 Å². The van der Waals surface area contributed by atoms with Gasteiger partial charge in [0.15, 0.2) is 5.96 Å². The summed E-state index contributed by atoms with van der Waals surface area (Å²) in [5.74, 6) is 0.719. The van der Waals surface area contributed by atoms with Crippen LogP contribution in [-0.4, -0.2) is 55.5 Å². The molecule has 14 heavy (non-hydrogen) atoms. The molecule has 1 saturated heterocycles. The third-order valence-electron chi connectivity index (χ3n) is 2.57. The molecule has 1 aliphatic heterocycles. The molecule has 0 aromatic heterocycles. The molecule has 1 fully saturated rings. The summed E-state index contributed by atoms with van der Waals surface area (Å²) in [6.45, 7) is 4.93. The van der Waals surface area contributed by atoms with E-state index in [0.717, 1.165) is 25.6 Å². The monoisotopic (exact) mass is 198 g/mol. The first kappa shape index (κ1) is 11.3. The van der Waals surface area contributed by atoms with Crippen LogP contribution in [0, 0.1) is 0 Å². The number of aliphatic imine (C=N–C) groups is 1. The van der Waals surface area contributed by atoms with Gasteiger partial charge in [-0.25, -0.2) is 0 Å². The van der Waals surface area contributed by atoms with Crippen molar-refractivity contribution in [3.8, 4) is 0 Å². The maximum absolute atomic E-state index is 5.91. The lowest BCUT2D eigenvalue weighted by atomic mass is 10.2. The van der Waals surface area contributed by atoms with E-state index in [1.807, 2.05) is 6.92 Å². The van der Waals surface area contributed by atoms with Crippen molar-refractivity contribution in [2.45, 2.75) is 25.8 Å². The molecular formula is C10H22N4. The molecule has 0 saturated carbocycles. The lowest BCUT2D eigenvalue weighted by molar-refractivity contribution is 0.283. The molecule has 0 aromatic carbocycles. The van der Waals surface area contributed by atoms with E-state index in [1.54, 1.807) is 0 Å². The Morgan fingerprint density at radius 3 is 2.86 bits per heavy atom. The van der Waals surface area contributed by atoms with Gasteiger partial charge in [-0.3, -0.25) is 4.99 Å². The first-order valence-corrected chi connectivity index (χ1v) is 5.36. The molecule has 0 radical (unpaired) electrons. The number of hydrogen-bond acceptors (Lipinski definition) is 2. The van der Waals surface area contributed by atoms with Gasteiger partial charge in [-0.05, 0) is 33.9 Å². The van der Waals surface area contributed by atoms with Gasteiger partial charge in [0.05, 0.1) is 0 Å². The smallest absolute Gasteiger partial charge is 0.191 e. The van der Waals surface area contributed by atoms with Crippen molar-refractivity contribution < 1.29 is 0 Å². The normalized spacial score (nSPS) is 23.6. The Hall–Kier alpha value is -0.770. The van der Waals surface area contributed by atoms with Gasteiger partial charge in [0.25, 0.3) is 0 Å². The van der Waals surface area contributed by atoms with Gasteiger partial charge < -0.3 is 15.5 Å². The lowest BCUT2D eigenvalue weighted by Gasteiger charge is -2.27. The Balaban J connectivity index is 2.54. The number of nitrogens with zero attached hydrogens (tertiary/aromatic N) is 3. The number of nitrogens with two attached hydrogens (primary N) is 1. The van der Waals surface area contributed by atoms with Crippen molar-refractivity contribution in [2.75, 3.05) is 33.7 Å². The molecule has 0 aromatic rings. The first-order chi connectivity index (χ1) is 6.65. The first-order valence-electron chi connectivity index (χ1n) is 5.36. The third kappa shape index (κ3) is 2.87. The van der Waals surface area contributed by atoms with Gasteiger partial charge in [0.1, 0.15) is 0 Å². The maximum atomic E-state index is 5.91. The Bertz CT molecular complexity index is 200. The number of likely N-dealkylation sites (N-methyl/N-ethyl adjacent to an activating group) is 1. The standard InChI is InChI=1S/C10H22N4/c1-4-12-10(11)14-7-5-6-9(14)8-13(2)3/h9H,4-8H2,1-3H3,(H2,11,12). The van der Waals surface area contributed by atoms with E-state index in [0.29, 0.717) is 6.04 Å². The van der Waals surface area contributed by atoms with E-state index >= 15 is 0 Å². The minimum atomic E-state index is 0.556. The van der Waals surface area contributed by atoms with Crippen LogP contribution in [0.5, 0.6) is 0 Å². The molecule has 4 nitrogen and oxygen atoms in total. The fraction of sp³-hybridized carbons (Fsp3) is 0.900. The zero-order valence-corrected chi connectivity index (χ0v) is 9.53. The topological polar surface area (TPSA) is 44.9 Å². The van der Waals surface area contributed by atoms with Gasteiger partial charge in [0, 0.05) is 25.7 Å². The molecule has 2 N–H and O–H groups in total. The zero-order valence-electron chi connectivity index (χ0n) is 9.53. The zero-order chi connectivity index (χ0) is 10.6. The van der Waals surface area contributed by atoms with Crippen LogP contribution in [0.1, 0.15) is 19.8 Å². The molecule has 0 spiro atoms. The number of likely N-dealkylation sites (tertiary alicyclic amines) is 1. The predicted octanol–water partition coefficient (Wildman–Crippen LogP) is 0.347. The molecule has 0 amide bonds. The second kappa shape index (κ2) is 5.20. The average Bonchev–Trinajstić information content (AvgIpc) is 2.51. The Kier molecular flexibility index (Phi) is 4.20. The highest BCUT2D eigenvalue weighted by Crippen LogP contribution is 2.17. The van der Waals surface area contributed by atoms with Crippen molar-refractivity contribution in [1.29, 1.82) is 0 Å². The Morgan fingerprint density at radius 2 is 2.29 bits per heavy atom. The summed E-state index contributed by atoms with van der Waals surface area (Å²) in [4.78, 5) is 8.72. The Morgan fingerprint density at radius 1 is 1.57 bits per heavy atom. The Labute approximate surface area is 86.8 Å². The molecule has 1 atom stereocenters. The van der Waals surface area contributed by atoms with Gasteiger partial charge >= 0.3 is 0 Å². The highest BCUT2D eigenvalue weighted by atomic mass is 15.3. The quantitative estimate of drug-likeness (QED) is 0.525. The highest BCUT2D eigenvalue weighted by molar-refractivity contribution is 5.78. The van der Waals surface area contributed by atoms with E-state index < -0.39 is 0 Å². The van der Waals surface area contributed by atoms with Gasteiger partial charge in [-0.15, -0.1) is 0 Å². The predicted molar refractivity (Wildman–Crippen MR) is 60.4 cm³/mol. The molecule has 1 aliphatic rings. The second-order valence-electron chi connectivity index (χ2n) is 4.08. The van der Waals surface area contributed by atoms with Gasteiger partial charge in [-0.2, -0.15) is 0 Å². The van der Waals surface area contributed by atoms with Crippen LogP contribution in [0.3, 0.4) is 0 Å². The lowest BCUT2D eigenvalue weighted by Crippen LogP contribution is -2.45. The number of hydrogen-bond donors (Lipinski definition) is 1. The van der Waals surface area contributed by atoms with Crippen molar-refractivity contribution >= 4 is 5.96 Å². The summed E-state index contributed by atoms with van der Waals surface area (Å²) in [5.41, 5.74) is 5.91. The van der Waals surface area contributed by atoms with Crippen LogP contribution in [0.15, 0.2) is 4.99 Å².